The summed E-state index contributed by atoms with van der Waals surface area (Å²) in [4.78, 5) is 0. The van der Waals surface area contributed by atoms with E-state index >= 15 is 0 Å². The molecule has 112 valence electrons. The third-order valence-corrected chi connectivity index (χ3v) is 4.40. The van der Waals surface area contributed by atoms with Gasteiger partial charge in [-0.15, -0.1) is 0 Å². The Balaban J connectivity index is 2.07. The van der Waals surface area contributed by atoms with Crippen molar-refractivity contribution in [3.05, 3.63) is 35.4 Å². The lowest BCUT2D eigenvalue weighted by molar-refractivity contribution is 0.181. The Hall–Kier alpha value is -0.960. The summed E-state index contributed by atoms with van der Waals surface area (Å²) in [7, 11) is 0. The summed E-state index contributed by atoms with van der Waals surface area (Å²) < 4.78 is 26.4. The normalized spacial score (nSPS) is 18.1. The molecule has 1 aliphatic carbocycles. The maximum atomic E-state index is 13.4. The van der Waals surface area contributed by atoms with Crippen molar-refractivity contribution in [1.82, 2.24) is 5.32 Å². The van der Waals surface area contributed by atoms with Crippen LogP contribution in [0.5, 0.6) is 0 Å². The Labute approximate surface area is 120 Å². The van der Waals surface area contributed by atoms with Crippen LogP contribution in [0, 0.1) is 17.0 Å². The molecule has 20 heavy (non-hydrogen) atoms. The lowest BCUT2D eigenvalue weighted by atomic mass is 9.70. The number of nitrogens with one attached hydrogen (secondary N) is 1. The van der Waals surface area contributed by atoms with Gasteiger partial charge < -0.3 is 5.32 Å². The molecule has 0 aliphatic heterocycles. The fraction of sp³-hybridized carbons (Fsp3) is 0.647. The summed E-state index contributed by atoms with van der Waals surface area (Å²) in [6.07, 6.45) is 8.13. The number of benzene rings is 1. The van der Waals surface area contributed by atoms with Crippen molar-refractivity contribution in [3.63, 3.8) is 0 Å². The molecule has 1 fully saturated rings. The zero-order valence-corrected chi connectivity index (χ0v) is 12.4. The van der Waals surface area contributed by atoms with Crippen molar-refractivity contribution in [2.75, 3.05) is 13.1 Å². The van der Waals surface area contributed by atoms with Gasteiger partial charge in [0.15, 0.2) is 11.6 Å². The molecule has 0 saturated heterocycles. The van der Waals surface area contributed by atoms with Gasteiger partial charge in [0.25, 0.3) is 0 Å². The fourth-order valence-electron chi connectivity index (χ4n) is 3.33. The molecule has 2 rings (SSSR count). The fourth-order valence-corrected chi connectivity index (χ4v) is 3.33. The van der Waals surface area contributed by atoms with Crippen LogP contribution in [0.2, 0.25) is 0 Å². The van der Waals surface area contributed by atoms with Crippen molar-refractivity contribution < 1.29 is 8.78 Å². The molecule has 3 heteroatoms. The van der Waals surface area contributed by atoms with Gasteiger partial charge in [0.05, 0.1) is 0 Å². The van der Waals surface area contributed by atoms with Gasteiger partial charge in [-0.1, -0.05) is 32.3 Å². The molecule has 1 saturated carbocycles. The molecule has 1 aromatic carbocycles. The first-order chi connectivity index (χ1) is 9.65. The summed E-state index contributed by atoms with van der Waals surface area (Å²) >= 11 is 0. The highest BCUT2D eigenvalue weighted by atomic mass is 19.2. The highest BCUT2D eigenvalue weighted by Gasteiger charge is 2.31. The third-order valence-electron chi connectivity index (χ3n) is 4.40. The lowest BCUT2D eigenvalue weighted by Crippen LogP contribution is -2.38. The maximum absolute atomic E-state index is 13.4. The Morgan fingerprint density at radius 1 is 1.10 bits per heavy atom. The smallest absolute Gasteiger partial charge is 0.159 e. The van der Waals surface area contributed by atoms with E-state index in [0.717, 1.165) is 31.5 Å². The summed E-state index contributed by atoms with van der Waals surface area (Å²) in [5, 5.41) is 3.52. The number of hydrogen-bond acceptors (Lipinski definition) is 1. The molecular weight excluding hydrogens is 256 g/mol. The minimum Gasteiger partial charge on any atom is -0.316 e. The average Bonchev–Trinajstić information content (AvgIpc) is 2.44. The van der Waals surface area contributed by atoms with Crippen LogP contribution in [-0.4, -0.2) is 13.1 Å². The van der Waals surface area contributed by atoms with Crippen LogP contribution in [0.15, 0.2) is 18.2 Å². The van der Waals surface area contributed by atoms with E-state index in [-0.39, 0.29) is 5.41 Å². The van der Waals surface area contributed by atoms with Crippen LogP contribution in [-0.2, 0) is 6.42 Å². The third kappa shape index (κ3) is 4.02. The standard InChI is InChI=1S/C17H25F2N/c1-2-10-20-13-17(8-4-3-5-9-17)12-14-6-7-15(18)16(19)11-14/h6-7,11,20H,2-5,8-10,12-13H2,1H3. The second-order valence-electron chi connectivity index (χ2n) is 6.16. The minimum atomic E-state index is -0.754. The summed E-state index contributed by atoms with van der Waals surface area (Å²) in [5.74, 6) is -1.48. The Morgan fingerprint density at radius 3 is 2.50 bits per heavy atom. The lowest BCUT2D eigenvalue weighted by Gasteiger charge is -2.38. The highest BCUT2D eigenvalue weighted by molar-refractivity contribution is 5.19. The molecule has 0 spiro atoms. The first-order valence-electron chi connectivity index (χ1n) is 7.80. The van der Waals surface area contributed by atoms with Crippen LogP contribution in [0.25, 0.3) is 0 Å². The zero-order valence-electron chi connectivity index (χ0n) is 12.4. The summed E-state index contributed by atoms with van der Waals surface area (Å²) in [5.41, 5.74) is 1.14. The van der Waals surface area contributed by atoms with Gasteiger partial charge >= 0.3 is 0 Å². The Bertz CT molecular complexity index is 425. The molecule has 0 amide bonds. The van der Waals surface area contributed by atoms with Crippen LogP contribution >= 0.6 is 0 Å². The molecule has 0 unspecified atom stereocenters. The molecule has 0 heterocycles. The van der Waals surface area contributed by atoms with Gasteiger partial charge in [-0.2, -0.15) is 0 Å². The molecular formula is C17H25F2N. The molecule has 0 atom stereocenters. The predicted molar refractivity (Wildman–Crippen MR) is 78.7 cm³/mol. The van der Waals surface area contributed by atoms with Gasteiger partial charge in [0, 0.05) is 6.54 Å². The topological polar surface area (TPSA) is 12.0 Å². The first kappa shape index (κ1) is 15.4. The van der Waals surface area contributed by atoms with E-state index in [4.69, 9.17) is 0 Å². The molecule has 1 aromatic rings. The molecule has 1 nitrogen and oxygen atoms in total. The first-order valence-corrected chi connectivity index (χ1v) is 7.80. The predicted octanol–water partition coefficient (Wildman–Crippen LogP) is 4.46. The SMILES string of the molecule is CCCNCC1(Cc2ccc(F)c(F)c2)CCCCC1. The monoisotopic (exact) mass is 281 g/mol. The van der Waals surface area contributed by atoms with Crippen molar-refractivity contribution >= 4 is 0 Å². The van der Waals surface area contributed by atoms with E-state index in [1.54, 1.807) is 6.07 Å². The summed E-state index contributed by atoms with van der Waals surface area (Å²) in [6, 6.07) is 4.35. The second-order valence-corrected chi connectivity index (χ2v) is 6.16. The minimum absolute atomic E-state index is 0.220. The molecule has 0 aromatic heterocycles. The van der Waals surface area contributed by atoms with Crippen molar-refractivity contribution in [1.29, 1.82) is 0 Å². The second kappa shape index (κ2) is 7.16. The number of hydrogen-bond donors (Lipinski definition) is 1. The summed E-state index contributed by atoms with van der Waals surface area (Å²) in [6.45, 7) is 4.18. The molecule has 1 N–H and O–H groups in total. The van der Waals surface area contributed by atoms with Gasteiger partial charge in [0.2, 0.25) is 0 Å². The van der Waals surface area contributed by atoms with E-state index in [9.17, 15) is 8.78 Å². The van der Waals surface area contributed by atoms with Gasteiger partial charge in [-0.3, -0.25) is 0 Å². The van der Waals surface area contributed by atoms with E-state index in [2.05, 4.69) is 12.2 Å². The van der Waals surface area contributed by atoms with Crippen LogP contribution < -0.4 is 5.32 Å². The Morgan fingerprint density at radius 2 is 1.85 bits per heavy atom. The quantitative estimate of drug-likeness (QED) is 0.759. The van der Waals surface area contributed by atoms with E-state index < -0.39 is 11.6 Å². The van der Waals surface area contributed by atoms with E-state index in [0.29, 0.717) is 0 Å². The van der Waals surface area contributed by atoms with E-state index in [1.807, 2.05) is 0 Å². The van der Waals surface area contributed by atoms with Gasteiger partial charge in [-0.05, 0) is 55.3 Å². The van der Waals surface area contributed by atoms with Crippen molar-refractivity contribution in [2.45, 2.75) is 51.9 Å². The maximum Gasteiger partial charge on any atom is 0.159 e. The van der Waals surface area contributed by atoms with Crippen LogP contribution in [0.1, 0.15) is 51.0 Å². The number of halogens is 2. The van der Waals surface area contributed by atoms with Gasteiger partial charge in [-0.25, -0.2) is 8.78 Å². The van der Waals surface area contributed by atoms with Crippen molar-refractivity contribution in [2.24, 2.45) is 5.41 Å². The van der Waals surface area contributed by atoms with Gasteiger partial charge in [0.1, 0.15) is 0 Å². The zero-order chi connectivity index (χ0) is 14.4. The van der Waals surface area contributed by atoms with Crippen LogP contribution in [0.3, 0.4) is 0 Å². The number of rotatable bonds is 6. The van der Waals surface area contributed by atoms with Crippen LogP contribution in [0.4, 0.5) is 8.78 Å². The molecule has 0 radical (unpaired) electrons. The van der Waals surface area contributed by atoms with E-state index in [1.165, 1.54) is 44.2 Å². The highest BCUT2D eigenvalue weighted by Crippen LogP contribution is 2.39. The largest absolute Gasteiger partial charge is 0.316 e. The molecule has 0 bridgehead atoms. The Kier molecular flexibility index (Phi) is 5.53. The van der Waals surface area contributed by atoms with Crippen molar-refractivity contribution in [3.8, 4) is 0 Å². The molecule has 1 aliphatic rings. The average molecular weight is 281 g/mol.